The van der Waals surface area contributed by atoms with Crippen LogP contribution in [-0.4, -0.2) is 21.1 Å². The Bertz CT molecular complexity index is 753. The van der Waals surface area contributed by atoms with Crippen LogP contribution in [0.2, 0.25) is 0 Å². The third-order valence-corrected chi connectivity index (χ3v) is 3.13. The van der Waals surface area contributed by atoms with Gasteiger partial charge >= 0.3 is 0 Å². The Labute approximate surface area is 117 Å². The summed E-state index contributed by atoms with van der Waals surface area (Å²) in [6, 6.07) is 11.0. The zero-order valence-corrected chi connectivity index (χ0v) is 11.3. The highest BCUT2D eigenvalue weighted by Gasteiger charge is 2.13. The molecule has 0 aliphatic carbocycles. The van der Waals surface area contributed by atoms with Gasteiger partial charge in [0.15, 0.2) is 5.65 Å². The van der Waals surface area contributed by atoms with Gasteiger partial charge in [0, 0.05) is 16.4 Å². The first kappa shape index (κ1) is 11.9. The van der Waals surface area contributed by atoms with E-state index < -0.39 is 0 Å². The van der Waals surface area contributed by atoms with Crippen LogP contribution in [-0.2, 0) is 0 Å². The van der Waals surface area contributed by atoms with E-state index >= 15 is 0 Å². The van der Waals surface area contributed by atoms with E-state index in [0.717, 1.165) is 4.47 Å². The highest BCUT2D eigenvalue weighted by Crippen LogP contribution is 2.18. The topological polar surface area (TPSA) is 70.7 Å². The average molecular weight is 317 g/mol. The lowest BCUT2D eigenvalue weighted by atomic mass is 10.2. The zero-order chi connectivity index (χ0) is 13.2. The van der Waals surface area contributed by atoms with E-state index in [4.69, 9.17) is 0 Å². The quantitative estimate of drug-likeness (QED) is 0.763. The summed E-state index contributed by atoms with van der Waals surface area (Å²) >= 11 is 3.36. The van der Waals surface area contributed by atoms with Crippen molar-refractivity contribution >= 4 is 38.6 Å². The number of aromatic nitrogens is 3. The number of pyridine rings is 1. The number of aromatic amines is 1. The van der Waals surface area contributed by atoms with Crippen LogP contribution < -0.4 is 5.32 Å². The SMILES string of the molecule is O=C(Nc1cccc(Br)c1)c1[nH]nc2ncccc12. The number of H-pyrrole nitrogens is 1. The van der Waals surface area contributed by atoms with Crippen LogP contribution in [0.15, 0.2) is 47.1 Å². The van der Waals surface area contributed by atoms with Gasteiger partial charge in [-0.1, -0.05) is 22.0 Å². The fourth-order valence-corrected chi connectivity index (χ4v) is 2.18. The lowest BCUT2D eigenvalue weighted by Crippen LogP contribution is -2.12. The number of amides is 1. The third-order valence-electron chi connectivity index (χ3n) is 2.64. The first-order valence-corrected chi connectivity index (χ1v) is 6.39. The summed E-state index contributed by atoms with van der Waals surface area (Å²) in [4.78, 5) is 16.3. The average Bonchev–Trinajstić information content (AvgIpc) is 2.82. The maximum absolute atomic E-state index is 12.2. The maximum Gasteiger partial charge on any atom is 0.274 e. The van der Waals surface area contributed by atoms with Crippen molar-refractivity contribution in [3.63, 3.8) is 0 Å². The van der Waals surface area contributed by atoms with Crippen molar-refractivity contribution in [2.75, 3.05) is 5.32 Å². The van der Waals surface area contributed by atoms with Crippen LogP contribution in [0, 0.1) is 0 Å². The minimum absolute atomic E-state index is 0.242. The summed E-state index contributed by atoms with van der Waals surface area (Å²) in [5, 5.41) is 10.2. The van der Waals surface area contributed by atoms with Gasteiger partial charge in [0.1, 0.15) is 5.69 Å². The number of hydrogen-bond acceptors (Lipinski definition) is 3. The van der Waals surface area contributed by atoms with Crippen LogP contribution in [0.25, 0.3) is 11.0 Å². The monoisotopic (exact) mass is 316 g/mol. The molecule has 2 N–H and O–H groups in total. The van der Waals surface area contributed by atoms with E-state index in [1.165, 1.54) is 0 Å². The predicted octanol–water partition coefficient (Wildman–Crippen LogP) is 2.97. The lowest BCUT2D eigenvalue weighted by Gasteiger charge is -2.04. The van der Waals surface area contributed by atoms with Gasteiger partial charge in [0.05, 0.1) is 5.39 Å². The molecule has 1 amide bonds. The van der Waals surface area contributed by atoms with Crippen molar-refractivity contribution in [2.24, 2.45) is 0 Å². The molecule has 3 aromatic rings. The second-order valence-electron chi connectivity index (χ2n) is 3.94. The molecule has 6 heteroatoms. The molecule has 94 valence electrons. The molecule has 2 heterocycles. The van der Waals surface area contributed by atoms with Crippen LogP contribution in [0.5, 0.6) is 0 Å². The molecule has 0 spiro atoms. The molecular formula is C13H9BrN4O. The Kier molecular flexibility index (Phi) is 3.00. The number of carbonyl (C=O) groups is 1. The third kappa shape index (κ3) is 2.34. The van der Waals surface area contributed by atoms with Crippen LogP contribution in [0.1, 0.15) is 10.5 Å². The van der Waals surface area contributed by atoms with Crippen molar-refractivity contribution in [2.45, 2.75) is 0 Å². The maximum atomic E-state index is 12.2. The summed E-state index contributed by atoms with van der Waals surface area (Å²) in [5.74, 6) is -0.242. The molecule has 1 aromatic carbocycles. The van der Waals surface area contributed by atoms with E-state index in [-0.39, 0.29) is 5.91 Å². The molecule has 0 saturated carbocycles. The smallest absolute Gasteiger partial charge is 0.274 e. The Morgan fingerprint density at radius 3 is 3.00 bits per heavy atom. The van der Waals surface area contributed by atoms with Gasteiger partial charge in [0.25, 0.3) is 5.91 Å². The predicted molar refractivity (Wildman–Crippen MR) is 76.0 cm³/mol. The summed E-state index contributed by atoms with van der Waals surface area (Å²) in [7, 11) is 0. The Balaban J connectivity index is 1.92. The minimum atomic E-state index is -0.242. The van der Waals surface area contributed by atoms with Crippen molar-refractivity contribution in [3.8, 4) is 0 Å². The summed E-state index contributed by atoms with van der Waals surface area (Å²) in [6.45, 7) is 0. The van der Waals surface area contributed by atoms with Gasteiger partial charge in [-0.15, -0.1) is 0 Å². The van der Waals surface area contributed by atoms with E-state index in [1.54, 1.807) is 12.3 Å². The molecule has 0 saturated heterocycles. The summed E-state index contributed by atoms with van der Waals surface area (Å²) in [6.07, 6.45) is 1.64. The normalized spacial score (nSPS) is 10.6. The Hall–Kier alpha value is -2.21. The molecule has 2 aromatic heterocycles. The van der Waals surface area contributed by atoms with Gasteiger partial charge in [0.2, 0.25) is 0 Å². The summed E-state index contributed by atoms with van der Waals surface area (Å²) in [5.41, 5.74) is 1.65. The number of nitrogens with one attached hydrogen (secondary N) is 2. The highest BCUT2D eigenvalue weighted by atomic mass is 79.9. The van der Waals surface area contributed by atoms with Crippen molar-refractivity contribution in [1.82, 2.24) is 15.2 Å². The molecule has 0 unspecified atom stereocenters. The number of fused-ring (bicyclic) bond motifs is 1. The molecule has 3 rings (SSSR count). The van der Waals surface area contributed by atoms with Gasteiger partial charge in [-0.05, 0) is 30.3 Å². The molecule has 19 heavy (non-hydrogen) atoms. The Morgan fingerprint density at radius 1 is 1.26 bits per heavy atom. The Morgan fingerprint density at radius 2 is 2.16 bits per heavy atom. The second-order valence-corrected chi connectivity index (χ2v) is 4.85. The van der Waals surface area contributed by atoms with E-state index in [0.29, 0.717) is 22.4 Å². The number of benzene rings is 1. The standard InChI is InChI=1S/C13H9BrN4O/c14-8-3-1-4-9(7-8)16-13(19)11-10-5-2-6-15-12(10)18-17-11/h1-7H,(H,16,19)(H,15,17,18). The zero-order valence-electron chi connectivity index (χ0n) is 9.72. The first-order valence-electron chi connectivity index (χ1n) is 5.60. The van der Waals surface area contributed by atoms with Crippen molar-refractivity contribution < 1.29 is 4.79 Å². The van der Waals surface area contributed by atoms with Crippen molar-refractivity contribution in [1.29, 1.82) is 0 Å². The van der Waals surface area contributed by atoms with E-state index in [9.17, 15) is 4.79 Å². The molecule has 0 bridgehead atoms. The van der Waals surface area contributed by atoms with Crippen LogP contribution >= 0.6 is 15.9 Å². The molecular weight excluding hydrogens is 308 g/mol. The largest absolute Gasteiger partial charge is 0.321 e. The number of hydrogen-bond donors (Lipinski definition) is 2. The van der Waals surface area contributed by atoms with Gasteiger partial charge in [-0.25, -0.2) is 4.98 Å². The van der Waals surface area contributed by atoms with Crippen LogP contribution in [0.3, 0.4) is 0 Å². The lowest BCUT2D eigenvalue weighted by molar-refractivity contribution is 0.102. The first-order chi connectivity index (χ1) is 9.24. The fraction of sp³-hybridized carbons (Fsp3) is 0. The number of nitrogens with zero attached hydrogens (tertiary/aromatic N) is 2. The highest BCUT2D eigenvalue weighted by molar-refractivity contribution is 9.10. The number of anilines is 1. The molecule has 5 nitrogen and oxygen atoms in total. The minimum Gasteiger partial charge on any atom is -0.321 e. The molecule has 0 aliphatic heterocycles. The second kappa shape index (κ2) is 4.81. The van der Waals surface area contributed by atoms with E-state index in [1.807, 2.05) is 30.3 Å². The molecule has 0 aliphatic rings. The fourth-order valence-electron chi connectivity index (χ4n) is 1.78. The van der Waals surface area contributed by atoms with E-state index in [2.05, 4.69) is 36.4 Å². The summed E-state index contributed by atoms with van der Waals surface area (Å²) < 4.78 is 0.904. The van der Waals surface area contributed by atoms with Crippen LogP contribution in [0.4, 0.5) is 5.69 Å². The number of carbonyl (C=O) groups excluding carboxylic acids is 1. The van der Waals surface area contributed by atoms with Gasteiger partial charge < -0.3 is 5.32 Å². The molecule has 0 fully saturated rings. The number of halogens is 1. The molecule has 0 atom stereocenters. The number of rotatable bonds is 2. The van der Waals surface area contributed by atoms with Gasteiger partial charge in [-0.2, -0.15) is 5.10 Å². The molecule has 0 radical (unpaired) electrons. The van der Waals surface area contributed by atoms with Gasteiger partial charge in [-0.3, -0.25) is 9.89 Å². The van der Waals surface area contributed by atoms with Crippen molar-refractivity contribution in [3.05, 3.63) is 52.8 Å².